The maximum Gasteiger partial charge on any atom is 0.341 e. The number of rotatable bonds is 6. The van der Waals surface area contributed by atoms with E-state index in [9.17, 15) is 4.79 Å². The van der Waals surface area contributed by atoms with Crippen LogP contribution in [-0.4, -0.2) is 59.6 Å². The zero-order chi connectivity index (χ0) is 17.0. The zero-order valence-electron chi connectivity index (χ0n) is 15.0. The molecule has 2 heterocycles. The predicted octanol–water partition coefficient (Wildman–Crippen LogP) is 2.03. The van der Waals surface area contributed by atoms with Gasteiger partial charge in [0.2, 0.25) is 0 Å². The fourth-order valence-electron chi connectivity index (χ4n) is 3.10. The molecule has 0 saturated carbocycles. The summed E-state index contributed by atoms with van der Waals surface area (Å²) in [6, 6.07) is 0. The summed E-state index contributed by atoms with van der Waals surface area (Å²) in [5.41, 5.74) is 2.17. The van der Waals surface area contributed by atoms with Crippen molar-refractivity contribution < 1.29 is 14.3 Å². The van der Waals surface area contributed by atoms with Crippen molar-refractivity contribution in [2.75, 3.05) is 32.8 Å². The van der Waals surface area contributed by atoms with Crippen molar-refractivity contribution in [3.05, 3.63) is 17.0 Å². The number of aromatic nitrogens is 2. The molecule has 0 N–H and O–H groups in total. The molecule has 23 heavy (non-hydrogen) atoms. The third kappa shape index (κ3) is 4.54. The van der Waals surface area contributed by atoms with E-state index in [0.717, 1.165) is 37.6 Å². The first kappa shape index (κ1) is 17.9. The Bertz CT molecular complexity index is 539. The second-order valence-electron chi connectivity index (χ2n) is 6.61. The van der Waals surface area contributed by atoms with Crippen molar-refractivity contribution in [1.29, 1.82) is 0 Å². The first-order chi connectivity index (χ1) is 10.9. The van der Waals surface area contributed by atoms with Crippen molar-refractivity contribution in [3.8, 4) is 0 Å². The van der Waals surface area contributed by atoms with Crippen LogP contribution in [0.15, 0.2) is 0 Å². The van der Waals surface area contributed by atoms with Crippen LogP contribution in [0.1, 0.15) is 42.5 Å². The van der Waals surface area contributed by atoms with Crippen LogP contribution in [0.3, 0.4) is 0 Å². The minimum absolute atomic E-state index is 0.0479. The number of morpholine rings is 1. The van der Waals surface area contributed by atoms with E-state index in [1.165, 1.54) is 0 Å². The number of aryl methyl sites for hydroxylation is 2. The van der Waals surface area contributed by atoms with Gasteiger partial charge in [-0.1, -0.05) is 13.8 Å². The molecule has 0 spiro atoms. The number of carbonyl (C=O) groups is 1. The van der Waals surface area contributed by atoms with Gasteiger partial charge in [-0.25, -0.2) is 4.79 Å². The number of ether oxygens (including phenoxy) is 2. The number of carbonyl (C=O) groups excluding carboxylic acids is 1. The molecule has 0 aliphatic carbocycles. The molecule has 1 fully saturated rings. The van der Waals surface area contributed by atoms with Gasteiger partial charge in [0, 0.05) is 26.2 Å². The fraction of sp³-hybridized carbons (Fsp3) is 0.765. The lowest BCUT2D eigenvalue weighted by atomic mass is 10.2. The van der Waals surface area contributed by atoms with Crippen LogP contribution in [0.4, 0.5) is 0 Å². The van der Waals surface area contributed by atoms with Crippen molar-refractivity contribution in [3.63, 3.8) is 0 Å². The summed E-state index contributed by atoms with van der Waals surface area (Å²) < 4.78 is 13.0. The molecule has 1 saturated heterocycles. The molecule has 1 aliphatic heterocycles. The standard InChI is InChI=1S/C17H29N3O3/c1-6-20-14(5)16(13(4)18-20)17(21)23-11-15-10-19(7-8-22-15)9-12(2)3/h12,15H,6-11H2,1-5H3. The lowest BCUT2D eigenvalue weighted by Crippen LogP contribution is -2.45. The summed E-state index contributed by atoms with van der Waals surface area (Å²) >= 11 is 0. The molecule has 1 aromatic rings. The molecule has 6 heteroatoms. The highest BCUT2D eigenvalue weighted by atomic mass is 16.6. The molecule has 130 valence electrons. The van der Waals surface area contributed by atoms with Crippen LogP contribution in [-0.2, 0) is 16.0 Å². The highest BCUT2D eigenvalue weighted by Gasteiger charge is 2.24. The van der Waals surface area contributed by atoms with E-state index >= 15 is 0 Å². The second kappa shape index (κ2) is 7.93. The highest BCUT2D eigenvalue weighted by Crippen LogP contribution is 2.15. The molecule has 1 aromatic heterocycles. The Kier molecular flexibility index (Phi) is 6.18. The van der Waals surface area contributed by atoms with Crippen molar-refractivity contribution in [2.24, 2.45) is 5.92 Å². The van der Waals surface area contributed by atoms with Crippen LogP contribution >= 0.6 is 0 Å². The average Bonchev–Trinajstić information content (AvgIpc) is 2.79. The smallest absolute Gasteiger partial charge is 0.341 e. The lowest BCUT2D eigenvalue weighted by Gasteiger charge is -2.33. The Hall–Kier alpha value is -1.40. The molecule has 1 atom stereocenters. The molecule has 1 unspecified atom stereocenters. The molecule has 0 amide bonds. The van der Waals surface area contributed by atoms with E-state index < -0.39 is 0 Å². The van der Waals surface area contributed by atoms with Gasteiger partial charge in [0.05, 0.1) is 18.0 Å². The van der Waals surface area contributed by atoms with Crippen LogP contribution in [0.25, 0.3) is 0 Å². The Morgan fingerprint density at radius 2 is 2.17 bits per heavy atom. The molecule has 0 radical (unpaired) electrons. The van der Waals surface area contributed by atoms with Gasteiger partial charge in [0.15, 0.2) is 0 Å². The average molecular weight is 323 g/mol. The Balaban J connectivity index is 1.90. The SMILES string of the molecule is CCn1nc(C)c(C(=O)OCC2CN(CC(C)C)CCO2)c1C. The van der Waals surface area contributed by atoms with E-state index in [2.05, 4.69) is 23.8 Å². The Morgan fingerprint density at radius 3 is 2.78 bits per heavy atom. The fourth-order valence-corrected chi connectivity index (χ4v) is 3.10. The van der Waals surface area contributed by atoms with Crippen LogP contribution in [0.5, 0.6) is 0 Å². The van der Waals surface area contributed by atoms with Crippen LogP contribution in [0, 0.1) is 19.8 Å². The third-order valence-corrected chi connectivity index (χ3v) is 4.13. The lowest BCUT2D eigenvalue weighted by molar-refractivity contribution is -0.0612. The summed E-state index contributed by atoms with van der Waals surface area (Å²) in [5, 5.41) is 4.37. The first-order valence-electron chi connectivity index (χ1n) is 8.47. The Labute approximate surface area is 138 Å². The van der Waals surface area contributed by atoms with Gasteiger partial charge in [0.1, 0.15) is 18.3 Å². The summed E-state index contributed by atoms with van der Waals surface area (Å²) in [5.74, 6) is 0.325. The number of esters is 1. The second-order valence-corrected chi connectivity index (χ2v) is 6.61. The summed E-state index contributed by atoms with van der Waals surface area (Å²) in [6.45, 7) is 14.7. The molecule has 6 nitrogen and oxygen atoms in total. The van der Waals surface area contributed by atoms with Crippen LogP contribution in [0.2, 0.25) is 0 Å². The maximum absolute atomic E-state index is 12.4. The molecule has 0 aromatic carbocycles. The maximum atomic E-state index is 12.4. The van der Waals surface area contributed by atoms with Crippen molar-refractivity contribution >= 4 is 5.97 Å². The van der Waals surface area contributed by atoms with Gasteiger partial charge in [-0.15, -0.1) is 0 Å². The first-order valence-corrected chi connectivity index (χ1v) is 8.47. The number of hydrogen-bond acceptors (Lipinski definition) is 5. The number of hydrogen-bond donors (Lipinski definition) is 0. The molecule has 0 bridgehead atoms. The summed E-state index contributed by atoms with van der Waals surface area (Å²) in [7, 11) is 0. The van der Waals surface area contributed by atoms with Crippen LogP contribution < -0.4 is 0 Å². The van der Waals surface area contributed by atoms with Gasteiger partial charge in [-0.05, 0) is 26.7 Å². The van der Waals surface area contributed by atoms with Gasteiger partial charge < -0.3 is 9.47 Å². The normalized spacial score (nSPS) is 19.3. The minimum atomic E-state index is -0.302. The van der Waals surface area contributed by atoms with Crippen molar-refractivity contribution in [2.45, 2.75) is 47.3 Å². The third-order valence-electron chi connectivity index (χ3n) is 4.13. The van der Waals surface area contributed by atoms with E-state index in [1.54, 1.807) is 0 Å². The van der Waals surface area contributed by atoms with E-state index in [4.69, 9.17) is 9.47 Å². The monoisotopic (exact) mass is 323 g/mol. The Morgan fingerprint density at radius 1 is 1.43 bits per heavy atom. The van der Waals surface area contributed by atoms with E-state index in [1.807, 2.05) is 25.5 Å². The highest BCUT2D eigenvalue weighted by molar-refractivity contribution is 5.91. The quantitative estimate of drug-likeness (QED) is 0.750. The van der Waals surface area contributed by atoms with E-state index in [0.29, 0.717) is 24.7 Å². The van der Waals surface area contributed by atoms with E-state index in [-0.39, 0.29) is 12.1 Å². The minimum Gasteiger partial charge on any atom is -0.459 e. The molecular weight excluding hydrogens is 294 g/mol. The molecular formula is C17H29N3O3. The topological polar surface area (TPSA) is 56.6 Å². The summed E-state index contributed by atoms with van der Waals surface area (Å²) in [6.07, 6.45) is -0.0479. The van der Waals surface area contributed by atoms with Crippen molar-refractivity contribution in [1.82, 2.24) is 14.7 Å². The predicted molar refractivity (Wildman–Crippen MR) is 88.7 cm³/mol. The van der Waals surface area contributed by atoms with Gasteiger partial charge >= 0.3 is 5.97 Å². The molecule has 1 aliphatic rings. The van der Waals surface area contributed by atoms with Gasteiger partial charge in [-0.2, -0.15) is 5.10 Å². The largest absolute Gasteiger partial charge is 0.459 e. The number of nitrogens with zero attached hydrogens (tertiary/aromatic N) is 3. The zero-order valence-corrected chi connectivity index (χ0v) is 15.0. The van der Waals surface area contributed by atoms with Gasteiger partial charge in [0.25, 0.3) is 0 Å². The summed E-state index contributed by atoms with van der Waals surface area (Å²) in [4.78, 5) is 14.7. The van der Waals surface area contributed by atoms with Gasteiger partial charge in [-0.3, -0.25) is 9.58 Å². The molecule has 2 rings (SSSR count).